The minimum Gasteiger partial charge on any atom is -0.381 e. The molecule has 0 unspecified atom stereocenters. The molecular formula is C13H15N6OW-. The monoisotopic (exact) mass is 455 g/mol. The molecule has 0 aromatic carbocycles. The average Bonchev–Trinajstić information content (AvgIpc) is 2.48. The van der Waals surface area contributed by atoms with E-state index in [2.05, 4.69) is 31.8 Å². The van der Waals surface area contributed by atoms with Crippen molar-refractivity contribution in [2.45, 2.75) is 18.9 Å². The van der Waals surface area contributed by atoms with E-state index in [1.807, 2.05) is 0 Å². The number of aromatic nitrogens is 3. The third-order valence-electron chi connectivity index (χ3n) is 3.37. The van der Waals surface area contributed by atoms with Gasteiger partial charge in [-0.25, -0.2) is 4.98 Å². The summed E-state index contributed by atoms with van der Waals surface area (Å²) in [5, 5.41) is 6.67. The van der Waals surface area contributed by atoms with Gasteiger partial charge in [-0.05, 0) is 30.5 Å². The molecule has 2 aromatic rings. The second-order valence-corrected chi connectivity index (χ2v) is 4.77. The van der Waals surface area contributed by atoms with Gasteiger partial charge in [-0.15, -0.1) is 6.07 Å². The molecule has 3 rings (SSSR count). The molecule has 1 saturated heterocycles. The quantitative estimate of drug-likeness (QED) is 0.567. The van der Waals surface area contributed by atoms with E-state index >= 15 is 0 Å². The van der Waals surface area contributed by atoms with Gasteiger partial charge < -0.3 is 21.4 Å². The van der Waals surface area contributed by atoms with Crippen molar-refractivity contribution in [3.8, 4) is 0 Å². The van der Waals surface area contributed by atoms with E-state index in [1.165, 1.54) is 12.4 Å². The van der Waals surface area contributed by atoms with Crippen molar-refractivity contribution in [3.05, 3.63) is 24.2 Å². The molecule has 1 aliphatic heterocycles. The molecule has 1 atom stereocenters. The molecule has 2 aromatic heterocycles. The van der Waals surface area contributed by atoms with Crippen LogP contribution in [0.1, 0.15) is 23.2 Å². The zero-order valence-electron chi connectivity index (χ0n) is 11.3. The van der Waals surface area contributed by atoms with Gasteiger partial charge in [0.2, 0.25) is 0 Å². The van der Waals surface area contributed by atoms with E-state index in [0.29, 0.717) is 28.5 Å². The number of amides is 1. The Balaban J connectivity index is 0.00000161. The first kappa shape index (κ1) is 15.8. The van der Waals surface area contributed by atoms with Crippen LogP contribution in [0.3, 0.4) is 0 Å². The summed E-state index contributed by atoms with van der Waals surface area (Å²) in [6.45, 7) is 1.92. The van der Waals surface area contributed by atoms with E-state index in [-0.39, 0.29) is 21.1 Å². The minimum absolute atomic E-state index is 0. The number of primary amides is 1. The van der Waals surface area contributed by atoms with Crippen molar-refractivity contribution < 1.29 is 25.9 Å². The van der Waals surface area contributed by atoms with Gasteiger partial charge in [-0.2, -0.15) is 0 Å². The molecule has 110 valence electrons. The number of fused-ring (bicyclic) bond motifs is 1. The van der Waals surface area contributed by atoms with Crippen LogP contribution in [-0.2, 0) is 21.1 Å². The Morgan fingerprint density at radius 3 is 3.00 bits per heavy atom. The van der Waals surface area contributed by atoms with Crippen molar-refractivity contribution in [2.24, 2.45) is 5.73 Å². The fraction of sp³-hybridized carbons (Fsp3) is 0.385. The minimum atomic E-state index is -0.544. The number of nitrogens with zero attached hydrogens (tertiary/aromatic N) is 3. The maximum absolute atomic E-state index is 11.4. The summed E-state index contributed by atoms with van der Waals surface area (Å²) < 4.78 is 0. The number of carbonyl (C=O) groups excluding carboxylic acids is 1. The van der Waals surface area contributed by atoms with Crippen LogP contribution in [-0.4, -0.2) is 40.0 Å². The van der Waals surface area contributed by atoms with E-state index < -0.39 is 5.91 Å². The predicted octanol–water partition coefficient (Wildman–Crippen LogP) is 0.0853. The van der Waals surface area contributed by atoms with Gasteiger partial charge in [0.25, 0.3) is 0 Å². The smallest absolute Gasteiger partial charge is 0.195 e. The maximum atomic E-state index is 11.4. The topological polar surface area (TPSA) is 106 Å². The fourth-order valence-electron chi connectivity index (χ4n) is 2.37. The predicted molar refractivity (Wildman–Crippen MR) is 74.2 cm³/mol. The Morgan fingerprint density at radius 2 is 2.29 bits per heavy atom. The van der Waals surface area contributed by atoms with Gasteiger partial charge in [0.1, 0.15) is 6.33 Å². The van der Waals surface area contributed by atoms with Crippen LogP contribution in [0.25, 0.3) is 11.0 Å². The molecular weight excluding hydrogens is 440 g/mol. The zero-order chi connectivity index (χ0) is 13.9. The summed E-state index contributed by atoms with van der Waals surface area (Å²) in [6.07, 6.45) is 6.27. The fourth-order valence-corrected chi connectivity index (χ4v) is 2.37. The van der Waals surface area contributed by atoms with Gasteiger partial charge in [0.15, 0.2) is 5.91 Å². The van der Waals surface area contributed by atoms with Gasteiger partial charge >= 0.3 is 0 Å². The first-order chi connectivity index (χ1) is 9.75. The maximum Gasteiger partial charge on any atom is 0.195 e. The molecule has 8 heteroatoms. The molecule has 0 aliphatic carbocycles. The van der Waals surface area contributed by atoms with E-state index in [0.717, 1.165) is 25.9 Å². The molecule has 4 N–H and O–H groups in total. The van der Waals surface area contributed by atoms with Crippen LogP contribution in [0.5, 0.6) is 0 Å². The summed E-state index contributed by atoms with van der Waals surface area (Å²) in [4.78, 5) is 23.9. The summed E-state index contributed by atoms with van der Waals surface area (Å²) in [7, 11) is 0. The van der Waals surface area contributed by atoms with Gasteiger partial charge in [-0.1, -0.05) is 6.20 Å². The number of hydrogen-bond acceptors (Lipinski definition) is 6. The number of hydrogen-bond donors (Lipinski definition) is 3. The van der Waals surface area contributed by atoms with Crippen LogP contribution in [0.2, 0.25) is 0 Å². The summed E-state index contributed by atoms with van der Waals surface area (Å²) in [5.74, 6) is 0.0701. The number of nitrogens with one attached hydrogen (secondary N) is 2. The molecule has 1 aliphatic rings. The number of rotatable bonds is 3. The Morgan fingerprint density at radius 1 is 1.43 bits per heavy atom. The molecule has 0 radical (unpaired) electrons. The van der Waals surface area contributed by atoms with Crippen molar-refractivity contribution in [1.29, 1.82) is 0 Å². The number of piperidine rings is 1. The Labute approximate surface area is 136 Å². The van der Waals surface area contributed by atoms with Crippen LogP contribution >= 0.6 is 0 Å². The first-order valence-electron chi connectivity index (χ1n) is 6.54. The molecule has 0 spiro atoms. The summed E-state index contributed by atoms with van der Waals surface area (Å²) in [5.41, 5.74) is 6.62. The van der Waals surface area contributed by atoms with Crippen LogP contribution in [0.15, 0.2) is 12.4 Å². The van der Waals surface area contributed by atoms with E-state index in [4.69, 9.17) is 5.73 Å². The van der Waals surface area contributed by atoms with Crippen LogP contribution in [0, 0.1) is 6.20 Å². The number of anilines is 1. The molecule has 1 fully saturated rings. The number of nitrogens with two attached hydrogens (primary N) is 1. The molecule has 3 heterocycles. The Kier molecular flexibility index (Phi) is 5.20. The molecule has 0 saturated carbocycles. The molecule has 0 bridgehead atoms. The normalized spacial score (nSPS) is 18.0. The number of carbonyl (C=O) groups is 1. The molecule has 7 nitrogen and oxygen atoms in total. The third kappa shape index (κ3) is 3.36. The largest absolute Gasteiger partial charge is 0.381 e. The van der Waals surface area contributed by atoms with Crippen molar-refractivity contribution in [1.82, 2.24) is 20.3 Å². The van der Waals surface area contributed by atoms with Gasteiger partial charge in [0, 0.05) is 39.2 Å². The van der Waals surface area contributed by atoms with E-state index in [9.17, 15) is 4.79 Å². The van der Waals surface area contributed by atoms with Gasteiger partial charge in [0.05, 0.1) is 5.82 Å². The van der Waals surface area contributed by atoms with Crippen LogP contribution in [0.4, 0.5) is 5.82 Å². The van der Waals surface area contributed by atoms with Crippen molar-refractivity contribution in [3.63, 3.8) is 0 Å². The SMILES string of the molecule is NC(=O)c1c[c-]nc2c(N[C@H]3CCCNC3)ncnc12.[W]. The first-order valence-corrected chi connectivity index (χ1v) is 6.54. The van der Waals surface area contributed by atoms with Gasteiger partial charge in [-0.3, -0.25) is 9.78 Å². The number of pyridine rings is 1. The Hall–Kier alpha value is -1.59. The second kappa shape index (κ2) is 6.91. The molecule has 21 heavy (non-hydrogen) atoms. The Bertz CT molecular complexity index is 644. The average molecular weight is 455 g/mol. The van der Waals surface area contributed by atoms with Crippen LogP contribution < -0.4 is 16.4 Å². The second-order valence-electron chi connectivity index (χ2n) is 4.77. The van der Waals surface area contributed by atoms with Crippen molar-refractivity contribution in [2.75, 3.05) is 18.4 Å². The zero-order valence-corrected chi connectivity index (χ0v) is 14.2. The standard InChI is InChI=1S/C13H15N6O.W/c14-12(20)9-3-5-16-11-10(9)17-7-18-13(11)19-8-2-1-4-15-6-8;/h3,7-8,15H,1-2,4,6H2,(H2,14,20)(H,17,18,19);/q-1;/t8-;/m0./s1. The third-order valence-corrected chi connectivity index (χ3v) is 3.37. The van der Waals surface area contributed by atoms with Crippen molar-refractivity contribution >= 4 is 22.8 Å². The molecule has 1 amide bonds. The summed E-state index contributed by atoms with van der Waals surface area (Å²) >= 11 is 0. The van der Waals surface area contributed by atoms with E-state index in [1.54, 1.807) is 0 Å². The summed E-state index contributed by atoms with van der Waals surface area (Å²) in [6, 6.07) is 1.74.